The minimum absolute atomic E-state index is 0.613. The van der Waals surface area contributed by atoms with Gasteiger partial charge in [-0.1, -0.05) is 11.6 Å². The Hall–Kier alpha value is -1.04. The number of hydrogen-bond donors (Lipinski definition) is 1. The quantitative estimate of drug-likeness (QED) is 0.779. The number of aryl methyl sites for hydroxylation is 2. The van der Waals surface area contributed by atoms with Gasteiger partial charge in [0.25, 0.3) is 0 Å². The average Bonchev–Trinajstić information content (AvgIpc) is 2.87. The van der Waals surface area contributed by atoms with Gasteiger partial charge in [0.2, 0.25) is 5.78 Å². The van der Waals surface area contributed by atoms with Gasteiger partial charge in [-0.3, -0.25) is 4.40 Å². The fourth-order valence-electron chi connectivity index (χ4n) is 2.45. The number of fused-ring (bicyclic) bond motifs is 3. The van der Waals surface area contributed by atoms with E-state index in [0.29, 0.717) is 6.54 Å². The molecule has 2 aromatic heterocycles. The van der Waals surface area contributed by atoms with Crippen LogP contribution in [0.1, 0.15) is 11.3 Å². The Kier molecular flexibility index (Phi) is 3.08. The summed E-state index contributed by atoms with van der Waals surface area (Å²) in [6.07, 6.45) is 0.814. The Bertz CT molecular complexity index is 787. The van der Waals surface area contributed by atoms with E-state index in [1.165, 1.54) is 0 Å². The van der Waals surface area contributed by atoms with Crippen molar-refractivity contribution in [3.05, 3.63) is 33.0 Å². The molecule has 100 valence electrons. The lowest BCUT2D eigenvalue weighted by Crippen LogP contribution is -2.07. The van der Waals surface area contributed by atoms with Crippen LogP contribution in [0, 0.1) is 6.92 Å². The summed E-state index contributed by atoms with van der Waals surface area (Å²) >= 11 is 9.82. The van der Waals surface area contributed by atoms with Crippen LogP contribution in [-0.2, 0) is 13.5 Å². The van der Waals surface area contributed by atoms with Crippen molar-refractivity contribution < 1.29 is 0 Å². The van der Waals surface area contributed by atoms with E-state index in [0.717, 1.165) is 44.1 Å². The van der Waals surface area contributed by atoms with E-state index in [4.69, 9.17) is 22.3 Å². The number of nitrogens with two attached hydrogens (primary N) is 1. The highest BCUT2D eigenvalue weighted by Crippen LogP contribution is 2.31. The number of aromatic nitrogens is 3. The molecule has 0 aliphatic carbocycles. The maximum Gasteiger partial charge on any atom is 0.215 e. The smallest absolute Gasteiger partial charge is 0.215 e. The van der Waals surface area contributed by atoms with Gasteiger partial charge in [0.05, 0.1) is 16.7 Å². The molecule has 0 saturated heterocycles. The second-order valence-electron chi connectivity index (χ2n) is 4.62. The normalized spacial score (nSPS) is 11.8. The number of rotatable bonds is 2. The minimum Gasteiger partial charge on any atom is -0.330 e. The second-order valence-corrected chi connectivity index (χ2v) is 5.78. The summed E-state index contributed by atoms with van der Waals surface area (Å²) in [6, 6.07) is 3.91. The molecule has 0 saturated carbocycles. The Morgan fingerprint density at radius 1 is 1.42 bits per heavy atom. The number of hydrogen-bond acceptors (Lipinski definition) is 2. The van der Waals surface area contributed by atoms with E-state index in [2.05, 4.69) is 24.9 Å². The minimum atomic E-state index is 0.613. The molecule has 0 unspecified atom stereocenters. The molecule has 3 aromatic rings. The standard InChI is InChI=1S/C13H14BrClN4/c1-7-8(15)3-4-9-11(7)17-13-18(2)10(5-6-16)12(14)19(9)13/h3-4H,5-6,16H2,1-2H3. The first kappa shape index (κ1) is 13.0. The topological polar surface area (TPSA) is 48.2 Å². The molecule has 0 fully saturated rings. The fraction of sp³-hybridized carbons (Fsp3) is 0.308. The van der Waals surface area contributed by atoms with E-state index in [1.807, 2.05) is 26.1 Å². The Morgan fingerprint density at radius 3 is 2.84 bits per heavy atom. The predicted octanol–water partition coefficient (Wildman–Crippen LogP) is 3.05. The van der Waals surface area contributed by atoms with Crippen LogP contribution in [0.2, 0.25) is 5.02 Å². The van der Waals surface area contributed by atoms with Crippen LogP contribution >= 0.6 is 27.5 Å². The highest BCUT2D eigenvalue weighted by atomic mass is 79.9. The highest BCUT2D eigenvalue weighted by molar-refractivity contribution is 9.10. The summed E-state index contributed by atoms with van der Waals surface area (Å²) < 4.78 is 5.19. The molecule has 0 aliphatic heterocycles. The molecule has 0 radical (unpaired) electrons. The van der Waals surface area contributed by atoms with Crippen LogP contribution in [0.15, 0.2) is 16.7 Å². The van der Waals surface area contributed by atoms with Gasteiger partial charge in [0.1, 0.15) is 4.60 Å². The first-order chi connectivity index (χ1) is 9.06. The van der Waals surface area contributed by atoms with Gasteiger partial charge in [-0.05, 0) is 47.1 Å². The SMILES string of the molecule is Cc1c(Cl)ccc2c1nc1n(C)c(CCN)c(Br)n21. The van der Waals surface area contributed by atoms with Gasteiger partial charge in [-0.25, -0.2) is 4.98 Å². The van der Waals surface area contributed by atoms with Crippen molar-refractivity contribution >= 4 is 44.3 Å². The second kappa shape index (κ2) is 4.51. The maximum absolute atomic E-state index is 6.16. The molecular weight excluding hydrogens is 328 g/mol. The lowest BCUT2D eigenvalue weighted by molar-refractivity contribution is 0.816. The monoisotopic (exact) mass is 340 g/mol. The highest BCUT2D eigenvalue weighted by Gasteiger charge is 2.18. The first-order valence-corrected chi connectivity index (χ1v) is 7.23. The lowest BCUT2D eigenvalue weighted by Gasteiger charge is -2.02. The summed E-state index contributed by atoms with van der Waals surface area (Å²) in [5.74, 6) is 0.899. The van der Waals surface area contributed by atoms with Crippen molar-refractivity contribution in [1.29, 1.82) is 0 Å². The van der Waals surface area contributed by atoms with Crippen molar-refractivity contribution in [2.24, 2.45) is 12.8 Å². The van der Waals surface area contributed by atoms with E-state index < -0.39 is 0 Å². The average molecular weight is 342 g/mol. The van der Waals surface area contributed by atoms with Crippen molar-refractivity contribution in [2.75, 3.05) is 6.54 Å². The summed E-state index contributed by atoms with van der Waals surface area (Å²) in [6.45, 7) is 2.61. The van der Waals surface area contributed by atoms with Crippen molar-refractivity contribution in [1.82, 2.24) is 14.0 Å². The molecule has 0 amide bonds. The molecule has 1 aromatic carbocycles. The summed E-state index contributed by atoms with van der Waals surface area (Å²) in [5.41, 5.74) is 9.83. The van der Waals surface area contributed by atoms with Gasteiger partial charge < -0.3 is 10.3 Å². The number of imidazole rings is 2. The number of benzene rings is 1. The molecule has 0 spiro atoms. The van der Waals surface area contributed by atoms with Gasteiger partial charge in [-0.2, -0.15) is 0 Å². The molecular formula is C13H14BrClN4. The third-order valence-electron chi connectivity index (χ3n) is 3.52. The number of nitrogens with zero attached hydrogens (tertiary/aromatic N) is 3. The Morgan fingerprint density at radius 2 is 2.16 bits per heavy atom. The van der Waals surface area contributed by atoms with E-state index >= 15 is 0 Å². The zero-order chi connectivity index (χ0) is 13.7. The predicted molar refractivity (Wildman–Crippen MR) is 81.9 cm³/mol. The first-order valence-electron chi connectivity index (χ1n) is 6.06. The van der Waals surface area contributed by atoms with E-state index in [1.54, 1.807) is 0 Å². The molecule has 2 heterocycles. The van der Waals surface area contributed by atoms with E-state index in [-0.39, 0.29) is 0 Å². The van der Waals surface area contributed by atoms with Crippen LogP contribution < -0.4 is 5.73 Å². The van der Waals surface area contributed by atoms with Gasteiger partial charge in [-0.15, -0.1) is 0 Å². The van der Waals surface area contributed by atoms with Gasteiger partial charge in [0.15, 0.2) is 0 Å². The molecule has 2 N–H and O–H groups in total. The third kappa shape index (κ3) is 1.72. The zero-order valence-corrected chi connectivity index (χ0v) is 13.1. The zero-order valence-electron chi connectivity index (χ0n) is 10.7. The van der Waals surface area contributed by atoms with Crippen molar-refractivity contribution in [2.45, 2.75) is 13.3 Å². The third-order valence-corrected chi connectivity index (χ3v) is 4.74. The largest absolute Gasteiger partial charge is 0.330 e. The summed E-state index contributed by atoms with van der Waals surface area (Å²) in [4.78, 5) is 4.71. The molecule has 4 nitrogen and oxygen atoms in total. The van der Waals surface area contributed by atoms with Crippen LogP contribution in [0.3, 0.4) is 0 Å². The van der Waals surface area contributed by atoms with Crippen molar-refractivity contribution in [3.8, 4) is 0 Å². The molecule has 0 bridgehead atoms. The molecule has 3 rings (SSSR count). The summed E-state index contributed by atoms with van der Waals surface area (Å²) in [7, 11) is 2.01. The Balaban J connectivity index is 2.45. The Labute approximate surface area is 124 Å². The van der Waals surface area contributed by atoms with Gasteiger partial charge in [0, 0.05) is 18.5 Å². The van der Waals surface area contributed by atoms with Crippen LogP contribution in [0.4, 0.5) is 0 Å². The molecule has 0 atom stereocenters. The molecule has 6 heteroatoms. The molecule has 0 aliphatic rings. The molecule has 19 heavy (non-hydrogen) atoms. The summed E-state index contributed by atoms with van der Waals surface area (Å²) in [5, 5.41) is 0.745. The van der Waals surface area contributed by atoms with Crippen LogP contribution in [-0.4, -0.2) is 20.5 Å². The van der Waals surface area contributed by atoms with Crippen LogP contribution in [0.25, 0.3) is 16.8 Å². The lowest BCUT2D eigenvalue weighted by atomic mass is 10.2. The fourth-order valence-corrected chi connectivity index (χ4v) is 3.42. The van der Waals surface area contributed by atoms with Crippen LogP contribution in [0.5, 0.6) is 0 Å². The van der Waals surface area contributed by atoms with E-state index in [9.17, 15) is 0 Å². The van der Waals surface area contributed by atoms with Crippen molar-refractivity contribution in [3.63, 3.8) is 0 Å². The van der Waals surface area contributed by atoms with Gasteiger partial charge >= 0.3 is 0 Å². The number of halogens is 2. The maximum atomic E-state index is 6.16.